The third-order valence-corrected chi connectivity index (χ3v) is 13.2. The molecule has 0 aromatic heterocycles. The Balaban J connectivity index is 0.853. The van der Waals surface area contributed by atoms with Crippen LogP contribution in [-0.4, -0.2) is 9.13 Å². The van der Waals surface area contributed by atoms with Crippen LogP contribution in [0.5, 0.6) is 0 Å². The lowest BCUT2D eigenvalue weighted by Crippen LogP contribution is -2.31. The number of allylic oxidation sites excluding steroid dienone is 2. The zero-order valence-electron chi connectivity index (χ0n) is 32.1. The summed E-state index contributed by atoms with van der Waals surface area (Å²) in [6, 6.07) is 44.9. The Morgan fingerprint density at radius 3 is 1.25 bits per heavy atom. The van der Waals surface area contributed by atoms with Crippen molar-refractivity contribution in [1.29, 1.82) is 0 Å². The molecule has 0 amide bonds. The van der Waals surface area contributed by atoms with Gasteiger partial charge in [0.25, 0.3) is 0 Å². The summed E-state index contributed by atoms with van der Waals surface area (Å²) in [7, 11) is 0. The highest BCUT2D eigenvalue weighted by Gasteiger charge is 2.40. The van der Waals surface area contributed by atoms with Crippen LogP contribution in [0, 0.1) is 0 Å². The highest BCUT2D eigenvalue weighted by Crippen LogP contribution is 2.52. The quantitative estimate of drug-likeness (QED) is 0.172. The van der Waals surface area contributed by atoms with Crippen molar-refractivity contribution in [2.24, 2.45) is 0 Å². The lowest BCUT2D eigenvalue weighted by atomic mass is 9.70. The van der Waals surface area contributed by atoms with Crippen molar-refractivity contribution in [3.05, 3.63) is 200 Å². The van der Waals surface area contributed by atoms with E-state index in [-0.39, 0.29) is 10.8 Å². The fraction of sp³-hybridized carbons (Fsp3) is 0.111. The first kappa shape index (κ1) is 31.7. The summed E-state index contributed by atoms with van der Waals surface area (Å²) in [4.78, 5) is 0. The van der Waals surface area contributed by atoms with E-state index in [0.29, 0.717) is 0 Å². The first-order valence-corrected chi connectivity index (χ1v) is 19.8. The van der Waals surface area contributed by atoms with Gasteiger partial charge in [0.2, 0.25) is 0 Å². The maximum Gasteiger partial charge on any atom is 0.0450 e. The molecule has 0 saturated carbocycles. The van der Waals surface area contributed by atoms with E-state index in [4.69, 9.17) is 0 Å². The Kier molecular flexibility index (Phi) is 6.22. The van der Waals surface area contributed by atoms with Crippen molar-refractivity contribution >= 4 is 35.5 Å². The van der Waals surface area contributed by atoms with E-state index in [0.717, 1.165) is 11.4 Å². The van der Waals surface area contributed by atoms with Crippen LogP contribution in [0.15, 0.2) is 157 Å². The number of hydrogen-bond donors (Lipinski definition) is 0. The highest BCUT2D eigenvalue weighted by molar-refractivity contribution is 6.01. The minimum Gasteiger partial charge on any atom is -0.323 e. The van der Waals surface area contributed by atoms with Crippen molar-refractivity contribution in [3.63, 3.8) is 0 Å². The third-order valence-electron chi connectivity index (χ3n) is 13.2. The van der Waals surface area contributed by atoms with Gasteiger partial charge in [-0.15, -0.1) is 0 Å². The van der Waals surface area contributed by atoms with Crippen molar-refractivity contribution in [1.82, 2.24) is 9.13 Å². The molecule has 0 spiro atoms. The Hall–Kier alpha value is -6.64. The number of pyridine rings is 2. The second-order valence-electron chi connectivity index (χ2n) is 17.1. The summed E-state index contributed by atoms with van der Waals surface area (Å²) >= 11 is 0. The summed E-state index contributed by atoms with van der Waals surface area (Å²) in [5, 5.41) is 5.38. The lowest BCUT2D eigenvalue weighted by Gasteiger charge is -2.33. The zero-order chi connectivity index (χ0) is 37.5. The molecule has 12 rings (SSSR count). The smallest absolute Gasteiger partial charge is 0.0450 e. The molecule has 2 heterocycles. The van der Waals surface area contributed by atoms with E-state index in [1.165, 1.54) is 98.8 Å². The van der Waals surface area contributed by atoms with E-state index in [1.807, 2.05) is 0 Å². The SMILES string of the molecule is CC1(C)C2=c3ccccc3=CC2=Cc2cc3ccn(-c4ccc(-c5ccc(-n6ccc7cc8c(c-7c6)C(C)(C)C6=c7ccccc7=CC6=C8)cc5)cc4)cc-3c21. The molecule has 0 unspecified atom stereocenters. The van der Waals surface area contributed by atoms with Crippen LogP contribution in [0.3, 0.4) is 0 Å². The molecule has 2 heteroatoms. The van der Waals surface area contributed by atoms with Crippen LogP contribution >= 0.6 is 0 Å². The van der Waals surface area contributed by atoms with Crippen LogP contribution < -0.4 is 20.9 Å². The van der Waals surface area contributed by atoms with Gasteiger partial charge in [-0.3, -0.25) is 0 Å². The summed E-state index contributed by atoms with van der Waals surface area (Å²) in [6.07, 6.45) is 18.6. The molecule has 0 bridgehead atoms. The van der Waals surface area contributed by atoms with E-state index < -0.39 is 0 Å². The molecule has 8 aliphatic rings. The van der Waals surface area contributed by atoms with Crippen molar-refractivity contribution in [2.45, 2.75) is 38.5 Å². The van der Waals surface area contributed by atoms with Crippen LogP contribution in [0.2, 0.25) is 0 Å². The zero-order valence-corrected chi connectivity index (χ0v) is 32.1. The van der Waals surface area contributed by atoms with Crippen LogP contribution in [0.1, 0.15) is 49.9 Å². The molecule has 6 aliphatic carbocycles. The normalized spacial score (nSPS) is 16.6. The van der Waals surface area contributed by atoms with Gasteiger partial charge >= 0.3 is 0 Å². The van der Waals surface area contributed by atoms with Gasteiger partial charge in [0, 0.05) is 58.1 Å². The summed E-state index contributed by atoms with van der Waals surface area (Å²) < 4.78 is 4.55. The molecule has 2 nitrogen and oxygen atoms in total. The Bertz CT molecular complexity index is 3040. The molecule has 4 aromatic rings. The van der Waals surface area contributed by atoms with Gasteiger partial charge in [-0.25, -0.2) is 0 Å². The Labute approximate surface area is 327 Å². The van der Waals surface area contributed by atoms with Gasteiger partial charge < -0.3 is 9.13 Å². The lowest BCUT2D eigenvalue weighted by molar-refractivity contribution is 0.689. The number of aromatic nitrogens is 2. The average Bonchev–Trinajstić information content (AvgIpc) is 3.97. The largest absolute Gasteiger partial charge is 0.323 e. The molecule has 0 radical (unpaired) electrons. The van der Waals surface area contributed by atoms with Gasteiger partial charge in [0.1, 0.15) is 0 Å². The van der Waals surface area contributed by atoms with Gasteiger partial charge in [0.05, 0.1) is 0 Å². The number of rotatable bonds is 3. The summed E-state index contributed by atoms with van der Waals surface area (Å²) in [5.41, 5.74) is 20.8. The van der Waals surface area contributed by atoms with Crippen molar-refractivity contribution in [2.75, 3.05) is 0 Å². The standard InChI is InChI=1S/C54H40N2/c1-53(2)49-39(25-35-9-5-7-11-45(35)49)29-41-27-37-21-23-55(31-47(37)51(41)53)43-17-13-33(14-18-43)34-15-19-44(20-16-34)56-24-22-38-28-42-30-40-26-36-10-6-8-12-46(36)50(40)54(3,4)52(42)48(38)32-56/h5-32H,1-4H3. The van der Waals surface area contributed by atoms with E-state index >= 15 is 0 Å². The van der Waals surface area contributed by atoms with Crippen molar-refractivity contribution < 1.29 is 0 Å². The van der Waals surface area contributed by atoms with Crippen LogP contribution in [-0.2, 0) is 10.8 Å². The van der Waals surface area contributed by atoms with Gasteiger partial charge in [-0.1, -0.05) is 100 Å². The fourth-order valence-corrected chi connectivity index (χ4v) is 10.8. The first-order valence-electron chi connectivity index (χ1n) is 19.8. The van der Waals surface area contributed by atoms with E-state index in [2.05, 4.69) is 207 Å². The van der Waals surface area contributed by atoms with Gasteiger partial charge in [-0.2, -0.15) is 0 Å². The topological polar surface area (TPSA) is 9.86 Å². The maximum absolute atomic E-state index is 2.40. The highest BCUT2D eigenvalue weighted by atomic mass is 14.9. The van der Waals surface area contributed by atoms with Gasteiger partial charge in [-0.05, 0) is 161 Å². The Morgan fingerprint density at radius 2 is 0.821 bits per heavy atom. The molecule has 0 N–H and O–H groups in total. The van der Waals surface area contributed by atoms with Crippen molar-refractivity contribution in [3.8, 4) is 44.8 Å². The summed E-state index contributed by atoms with van der Waals surface area (Å²) in [6.45, 7) is 9.58. The molecule has 0 atom stereocenters. The van der Waals surface area contributed by atoms with Crippen LogP contribution in [0.4, 0.5) is 0 Å². The molecule has 4 aromatic carbocycles. The molecule has 266 valence electrons. The minimum atomic E-state index is -0.107. The number of benzene rings is 4. The van der Waals surface area contributed by atoms with Crippen LogP contribution in [0.25, 0.3) is 80.2 Å². The molecule has 56 heavy (non-hydrogen) atoms. The fourth-order valence-electron chi connectivity index (χ4n) is 10.8. The number of nitrogens with zero attached hydrogens (tertiary/aromatic N) is 2. The number of hydrogen-bond acceptors (Lipinski definition) is 0. The van der Waals surface area contributed by atoms with E-state index in [9.17, 15) is 0 Å². The predicted octanol–water partition coefficient (Wildman–Crippen LogP) is 9.78. The minimum absolute atomic E-state index is 0.107. The maximum atomic E-state index is 2.40. The van der Waals surface area contributed by atoms with E-state index in [1.54, 1.807) is 0 Å². The second-order valence-corrected chi connectivity index (χ2v) is 17.1. The molecular formula is C54H40N2. The third kappa shape index (κ3) is 4.33. The second kappa shape index (κ2) is 11.0. The molecule has 2 aliphatic heterocycles. The monoisotopic (exact) mass is 716 g/mol. The molecule has 0 fully saturated rings. The Morgan fingerprint density at radius 1 is 0.411 bits per heavy atom. The van der Waals surface area contributed by atoms with Gasteiger partial charge in [0.15, 0.2) is 0 Å². The summed E-state index contributed by atoms with van der Waals surface area (Å²) in [5.74, 6) is 0. The number of fused-ring (bicyclic) bond motifs is 10. The molecular weight excluding hydrogens is 677 g/mol. The molecule has 0 saturated heterocycles. The first-order chi connectivity index (χ1) is 27.2. The predicted molar refractivity (Wildman–Crippen MR) is 233 cm³/mol. The average molecular weight is 717 g/mol.